The molecule has 1 saturated carbocycles. The highest BCUT2D eigenvalue weighted by atomic mass is 35.5. The van der Waals surface area contributed by atoms with Gasteiger partial charge in [0.25, 0.3) is 0 Å². The number of pyridine rings is 1. The Morgan fingerprint density at radius 3 is 2.58 bits per heavy atom. The number of likely N-dealkylation sites (N-methyl/N-ethyl adjacent to an activating group) is 1. The zero-order valence-corrected chi connectivity index (χ0v) is 17.2. The Kier molecular flexibility index (Phi) is 10.5. The number of rotatable bonds is 8. The van der Waals surface area contributed by atoms with Crippen LogP contribution in [0.1, 0.15) is 31.4 Å². The van der Waals surface area contributed by atoms with Crippen molar-refractivity contribution in [2.24, 2.45) is 5.92 Å². The molecule has 3 rings (SSSR count). The molecule has 2 aliphatic rings. The number of nitrogens with zero attached hydrogens (tertiary/aromatic N) is 3. The molecule has 7 heteroatoms. The third kappa shape index (κ3) is 7.39. The van der Waals surface area contributed by atoms with Gasteiger partial charge in [-0.1, -0.05) is 6.07 Å². The number of carbonyl (C=O) groups is 1. The Hall–Kier alpha value is -0.880. The maximum absolute atomic E-state index is 12.3. The number of likely N-dealkylation sites (tertiary alicyclic amines) is 1. The molecule has 1 aromatic heterocycles. The van der Waals surface area contributed by atoms with Gasteiger partial charge in [0.1, 0.15) is 0 Å². The predicted octanol–water partition coefficient (Wildman–Crippen LogP) is 2.39. The number of nitrogens with one attached hydrogen (secondary N) is 1. The van der Waals surface area contributed by atoms with E-state index in [0.717, 1.165) is 57.1 Å². The lowest BCUT2D eigenvalue weighted by molar-refractivity contribution is -0.131. The van der Waals surface area contributed by atoms with E-state index in [0.29, 0.717) is 12.6 Å². The number of carbonyl (C=O) groups excluding carboxylic acids is 1. The lowest BCUT2D eigenvalue weighted by Gasteiger charge is -2.36. The van der Waals surface area contributed by atoms with E-state index in [1.165, 1.54) is 12.8 Å². The van der Waals surface area contributed by atoms with Crippen molar-refractivity contribution < 1.29 is 4.79 Å². The van der Waals surface area contributed by atoms with Crippen LogP contribution in [0.3, 0.4) is 0 Å². The van der Waals surface area contributed by atoms with Gasteiger partial charge in [-0.3, -0.25) is 9.78 Å². The molecule has 1 N–H and O–H groups in total. The van der Waals surface area contributed by atoms with Crippen LogP contribution in [-0.4, -0.2) is 66.5 Å². The Morgan fingerprint density at radius 1 is 1.23 bits per heavy atom. The van der Waals surface area contributed by atoms with Crippen molar-refractivity contribution in [2.75, 3.05) is 39.8 Å². The van der Waals surface area contributed by atoms with Gasteiger partial charge >= 0.3 is 0 Å². The summed E-state index contributed by atoms with van der Waals surface area (Å²) >= 11 is 0. The molecule has 5 nitrogen and oxygen atoms in total. The molecule has 0 atom stereocenters. The monoisotopic (exact) mass is 402 g/mol. The number of piperidine rings is 1. The first kappa shape index (κ1) is 23.2. The van der Waals surface area contributed by atoms with Crippen molar-refractivity contribution in [2.45, 2.75) is 38.1 Å². The van der Waals surface area contributed by atoms with Gasteiger partial charge in [0.05, 0.1) is 6.54 Å². The van der Waals surface area contributed by atoms with Gasteiger partial charge in [0.2, 0.25) is 5.91 Å². The third-order valence-electron chi connectivity index (χ3n) is 5.31. The summed E-state index contributed by atoms with van der Waals surface area (Å²) in [6.07, 6.45) is 7.67. The van der Waals surface area contributed by atoms with Crippen LogP contribution in [0.25, 0.3) is 0 Å². The molecule has 1 amide bonds. The Labute approximate surface area is 169 Å². The van der Waals surface area contributed by atoms with Gasteiger partial charge in [-0.2, -0.15) is 0 Å². The van der Waals surface area contributed by atoms with Crippen molar-refractivity contribution >= 4 is 30.7 Å². The number of amides is 1. The minimum atomic E-state index is 0. The average Bonchev–Trinajstić information content (AvgIpc) is 3.45. The maximum atomic E-state index is 12.3. The van der Waals surface area contributed by atoms with Gasteiger partial charge in [0.15, 0.2) is 0 Å². The van der Waals surface area contributed by atoms with E-state index >= 15 is 0 Å². The van der Waals surface area contributed by atoms with E-state index < -0.39 is 0 Å². The highest BCUT2D eigenvalue weighted by Crippen LogP contribution is 2.27. The summed E-state index contributed by atoms with van der Waals surface area (Å²) in [5.41, 5.74) is 1.16. The van der Waals surface area contributed by atoms with Crippen molar-refractivity contribution in [1.82, 2.24) is 20.1 Å². The number of halogens is 2. The van der Waals surface area contributed by atoms with Crippen LogP contribution in [0.4, 0.5) is 0 Å². The maximum Gasteiger partial charge on any atom is 0.236 e. The van der Waals surface area contributed by atoms with E-state index in [1.54, 1.807) is 0 Å². The minimum absolute atomic E-state index is 0. The van der Waals surface area contributed by atoms with E-state index in [2.05, 4.69) is 21.3 Å². The second-order valence-electron chi connectivity index (χ2n) is 7.22. The zero-order chi connectivity index (χ0) is 16.8. The first-order chi connectivity index (χ1) is 11.7. The van der Waals surface area contributed by atoms with E-state index in [-0.39, 0.29) is 30.7 Å². The highest BCUT2D eigenvalue weighted by molar-refractivity contribution is 5.85. The number of hydrogen-bond donors (Lipinski definition) is 1. The Balaban J connectivity index is 0.00000169. The molecule has 148 valence electrons. The van der Waals surface area contributed by atoms with Gasteiger partial charge in [-0.05, 0) is 50.3 Å². The first-order valence-electron chi connectivity index (χ1n) is 9.31. The molecule has 1 saturated heterocycles. The predicted molar refractivity (Wildman–Crippen MR) is 110 cm³/mol. The molecule has 0 bridgehead atoms. The van der Waals surface area contributed by atoms with Gasteiger partial charge in [0, 0.05) is 51.0 Å². The number of hydrogen-bond acceptors (Lipinski definition) is 4. The molecule has 1 aromatic rings. The summed E-state index contributed by atoms with van der Waals surface area (Å²) in [6.45, 7) is 4.71. The lowest BCUT2D eigenvalue weighted by Crippen LogP contribution is -2.48. The van der Waals surface area contributed by atoms with Crippen molar-refractivity contribution in [3.63, 3.8) is 0 Å². The quantitative estimate of drug-likeness (QED) is 0.724. The zero-order valence-electron chi connectivity index (χ0n) is 15.6. The molecule has 1 aliphatic carbocycles. The summed E-state index contributed by atoms with van der Waals surface area (Å²) in [7, 11) is 1.97. The van der Waals surface area contributed by atoms with Crippen LogP contribution in [-0.2, 0) is 11.2 Å². The van der Waals surface area contributed by atoms with Gasteiger partial charge in [-0.15, -0.1) is 24.8 Å². The molecule has 0 radical (unpaired) electrons. The lowest BCUT2D eigenvalue weighted by atomic mass is 10.0. The van der Waals surface area contributed by atoms with Crippen LogP contribution >= 0.6 is 24.8 Å². The standard InChI is InChI=1S/C19H30N4O.2ClH/c1-22(19(24)15-20-14-16-5-6-16)18-8-12-23(13-9-18)11-7-17-4-2-3-10-21-17;;/h2-4,10,16,18,20H,5-9,11-15H2,1H3;2*1H. The van der Waals surface area contributed by atoms with Crippen molar-refractivity contribution in [3.8, 4) is 0 Å². The summed E-state index contributed by atoms with van der Waals surface area (Å²) in [5.74, 6) is 1.06. The van der Waals surface area contributed by atoms with Gasteiger partial charge < -0.3 is 15.1 Å². The summed E-state index contributed by atoms with van der Waals surface area (Å²) in [6, 6.07) is 6.49. The van der Waals surface area contributed by atoms with Crippen LogP contribution < -0.4 is 5.32 Å². The summed E-state index contributed by atoms with van der Waals surface area (Å²) < 4.78 is 0. The van der Waals surface area contributed by atoms with E-state index in [4.69, 9.17) is 0 Å². The van der Waals surface area contributed by atoms with Crippen molar-refractivity contribution in [1.29, 1.82) is 0 Å². The summed E-state index contributed by atoms with van der Waals surface area (Å²) in [4.78, 5) is 21.1. The molecule has 26 heavy (non-hydrogen) atoms. The van der Waals surface area contributed by atoms with Crippen LogP contribution in [0.2, 0.25) is 0 Å². The molecule has 0 unspecified atom stereocenters. The Bertz CT molecular complexity index is 520. The van der Waals surface area contributed by atoms with Crippen LogP contribution in [0.5, 0.6) is 0 Å². The smallest absolute Gasteiger partial charge is 0.236 e. The van der Waals surface area contributed by atoms with Gasteiger partial charge in [-0.25, -0.2) is 0 Å². The topological polar surface area (TPSA) is 48.5 Å². The fourth-order valence-electron chi connectivity index (χ4n) is 3.38. The minimum Gasteiger partial charge on any atom is -0.342 e. The Morgan fingerprint density at radius 2 is 1.96 bits per heavy atom. The number of aromatic nitrogens is 1. The van der Waals surface area contributed by atoms with Crippen LogP contribution in [0, 0.1) is 5.92 Å². The largest absolute Gasteiger partial charge is 0.342 e. The summed E-state index contributed by atoms with van der Waals surface area (Å²) in [5, 5.41) is 3.31. The van der Waals surface area contributed by atoms with Crippen LogP contribution in [0.15, 0.2) is 24.4 Å². The fraction of sp³-hybridized carbons (Fsp3) is 0.684. The molecular weight excluding hydrogens is 371 g/mol. The van der Waals surface area contributed by atoms with E-state index in [9.17, 15) is 4.79 Å². The first-order valence-corrected chi connectivity index (χ1v) is 9.31. The fourth-order valence-corrected chi connectivity index (χ4v) is 3.38. The molecule has 0 aromatic carbocycles. The van der Waals surface area contributed by atoms with Crippen molar-refractivity contribution in [3.05, 3.63) is 30.1 Å². The molecule has 2 fully saturated rings. The molecular formula is C19H32Cl2N4O. The SMILES string of the molecule is CN(C(=O)CNCC1CC1)C1CCN(CCc2ccccn2)CC1.Cl.Cl. The highest BCUT2D eigenvalue weighted by Gasteiger charge is 2.26. The normalized spacial score (nSPS) is 17.9. The molecule has 2 heterocycles. The molecule has 0 spiro atoms. The second kappa shape index (κ2) is 11.8. The average molecular weight is 403 g/mol. The van der Waals surface area contributed by atoms with E-state index in [1.807, 2.05) is 30.3 Å². The third-order valence-corrected chi connectivity index (χ3v) is 5.31. The molecule has 1 aliphatic heterocycles. The second-order valence-corrected chi connectivity index (χ2v) is 7.22.